The van der Waals surface area contributed by atoms with Gasteiger partial charge in [0.05, 0.1) is 0 Å². The topological polar surface area (TPSA) is 20.3 Å². The number of nitrogens with zero attached hydrogens (tertiary/aromatic N) is 1. The summed E-state index contributed by atoms with van der Waals surface area (Å²) < 4.78 is 12.8. The summed E-state index contributed by atoms with van der Waals surface area (Å²) in [5, 5.41) is 0. The largest absolute Gasteiger partial charge is 0.300 e. The summed E-state index contributed by atoms with van der Waals surface area (Å²) in [5.74, 6) is 0.191. The molecule has 1 rings (SSSR count). The molecular formula is C9H16FNO. The van der Waals surface area contributed by atoms with Gasteiger partial charge in [-0.2, -0.15) is 0 Å². The van der Waals surface area contributed by atoms with Crippen molar-refractivity contribution >= 4 is 5.78 Å². The number of ketones is 1. The average molecular weight is 173 g/mol. The van der Waals surface area contributed by atoms with Gasteiger partial charge in [0, 0.05) is 19.5 Å². The second-order valence-electron chi connectivity index (χ2n) is 3.49. The molecule has 0 spiro atoms. The first-order valence-corrected chi connectivity index (χ1v) is 4.54. The lowest BCUT2D eigenvalue weighted by Gasteiger charge is -2.28. The summed E-state index contributed by atoms with van der Waals surface area (Å²) in [6, 6.07) is 0. The van der Waals surface area contributed by atoms with Gasteiger partial charge in [-0.3, -0.25) is 4.79 Å². The molecule has 0 aromatic carbocycles. The minimum Gasteiger partial charge on any atom is -0.300 e. The highest BCUT2D eigenvalue weighted by atomic mass is 19.1. The van der Waals surface area contributed by atoms with Gasteiger partial charge in [0.1, 0.15) is 12.0 Å². The Labute approximate surface area is 72.7 Å². The van der Waals surface area contributed by atoms with Crippen LogP contribution in [0, 0.1) is 0 Å². The van der Waals surface area contributed by atoms with E-state index in [4.69, 9.17) is 0 Å². The molecule has 2 nitrogen and oxygen atoms in total. The molecule has 0 radical (unpaired) electrons. The number of halogens is 1. The second-order valence-corrected chi connectivity index (χ2v) is 3.49. The lowest BCUT2D eigenvalue weighted by Crippen LogP contribution is -2.37. The van der Waals surface area contributed by atoms with Crippen LogP contribution in [0.4, 0.5) is 4.39 Å². The van der Waals surface area contributed by atoms with E-state index in [1.807, 2.05) is 4.90 Å². The van der Waals surface area contributed by atoms with E-state index in [9.17, 15) is 9.18 Å². The molecule has 0 amide bonds. The van der Waals surface area contributed by atoms with Crippen molar-refractivity contribution in [1.82, 2.24) is 4.90 Å². The monoisotopic (exact) mass is 173 g/mol. The van der Waals surface area contributed by atoms with Crippen LogP contribution in [-0.4, -0.2) is 36.5 Å². The van der Waals surface area contributed by atoms with Crippen LogP contribution in [0.2, 0.25) is 0 Å². The van der Waals surface area contributed by atoms with Gasteiger partial charge in [0.2, 0.25) is 0 Å². The van der Waals surface area contributed by atoms with Crippen LogP contribution in [0.25, 0.3) is 0 Å². The van der Waals surface area contributed by atoms with E-state index >= 15 is 0 Å². The van der Waals surface area contributed by atoms with Crippen molar-refractivity contribution in [3.63, 3.8) is 0 Å². The van der Waals surface area contributed by atoms with Crippen molar-refractivity contribution in [2.24, 2.45) is 0 Å². The van der Waals surface area contributed by atoms with Crippen molar-refractivity contribution in [1.29, 1.82) is 0 Å². The Bertz CT molecular complexity index is 161. The lowest BCUT2D eigenvalue weighted by molar-refractivity contribution is -0.117. The average Bonchev–Trinajstić information content (AvgIpc) is 2.01. The Kier molecular flexibility index (Phi) is 3.66. The Morgan fingerprint density at radius 2 is 2.42 bits per heavy atom. The Hall–Kier alpha value is -0.440. The molecule has 0 unspecified atom stereocenters. The van der Waals surface area contributed by atoms with Gasteiger partial charge in [0.15, 0.2) is 0 Å². The van der Waals surface area contributed by atoms with Gasteiger partial charge >= 0.3 is 0 Å². The van der Waals surface area contributed by atoms with Gasteiger partial charge in [-0.25, -0.2) is 4.39 Å². The zero-order valence-electron chi connectivity index (χ0n) is 7.55. The quantitative estimate of drug-likeness (QED) is 0.643. The fourth-order valence-electron chi connectivity index (χ4n) is 1.52. The third-order valence-electron chi connectivity index (χ3n) is 2.23. The molecule has 12 heavy (non-hydrogen) atoms. The predicted molar refractivity (Wildman–Crippen MR) is 45.9 cm³/mol. The van der Waals surface area contributed by atoms with Crippen LogP contribution < -0.4 is 0 Å². The SMILES string of the molecule is CC(=O)CCN1CCC[C@H](F)C1. The normalized spacial score (nSPS) is 25.7. The highest BCUT2D eigenvalue weighted by Crippen LogP contribution is 2.12. The summed E-state index contributed by atoms with van der Waals surface area (Å²) in [6.07, 6.45) is 1.51. The first-order chi connectivity index (χ1) is 5.68. The van der Waals surface area contributed by atoms with Crippen molar-refractivity contribution in [3.05, 3.63) is 0 Å². The van der Waals surface area contributed by atoms with E-state index in [1.54, 1.807) is 6.92 Å². The number of Topliss-reactive ketones (excluding diaryl/α,β-unsaturated/α-hetero) is 1. The van der Waals surface area contributed by atoms with Gasteiger partial charge < -0.3 is 4.90 Å². The molecule has 0 saturated carbocycles. The number of alkyl halides is 1. The van der Waals surface area contributed by atoms with Crippen LogP contribution in [-0.2, 0) is 4.79 Å². The second kappa shape index (κ2) is 4.55. The molecule has 1 heterocycles. The molecule has 0 N–H and O–H groups in total. The van der Waals surface area contributed by atoms with Crippen LogP contribution in [0.3, 0.4) is 0 Å². The molecule has 1 saturated heterocycles. The molecule has 0 aromatic heterocycles. The number of likely N-dealkylation sites (tertiary alicyclic amines) is 1. The van der Waals surface area contributed by atoms with E-state index in [0.717, 1.165) is 19.5 Å². The van der Waals surface area contributed by atoms with Crippen molar-refractivity contribution < 1.29 is 9.18 Å². The molecule has 1 fully saturated rings. The minimum absolute atomic E-state index is 0.191. The third-order valence-corrected chi connectivity index (χ3v) is 2.23. The predicted octanol–water partition coefficient (Wildman–Crippen LogP) is 1.40. The molecule has 0 bridgehead atoms. The molecule has 1 atom stereocenters. The van der Waals surface area contributed by atoms with Crippen LogP contribution in [0.1, 0.15) is 26.2 Å². The molecule has 0 aromatic rings. The molecule has 1 aliphatic rings. The zero-order valence-corrected chi connectivity index (χ0v) is 7.55. The highest BCUT2D eigenvalue weighted by molar-refractivity contribution is 5.75. The fraction of sp³-hybridized carbons (Fsp3) is 0.889. The first-order valence-electron chi connectivity index (χ1n) is 4.54. The Morgan fingerprint density at radius 3 is 3.00 bits per heavy atom. The highest BCUT2D eigenvalue weighted by Gasteiger charge is 2.18. The Balaban J connectivity index is 2.18. The summed E-state index contributed by atoms with van der Waals surface area (Å²) in [7, 11) is 0. The van der Waals surface area contributed by atoms with Gasteiger partial charge in [-0.1, -0.05) is 0 Å². The van der Waals surface area contributed by atoms with Crippen LogP contribution in [0.5, 0.6) is 0 Å². The van der Waals surface area contributed by atoms with E-state index in [0.29, 0.717) is 19.4 Å². The number of hydrogen-bond acceptors (Lipinski definition) is 2. The summed E-state index contributed by atoms with van der Waals surface area (Å²) in [4.78, 5) is 12.7. The molecular weight excluding hydrogens is 157 g/mol. The number of carbonyl (C=O) groups is 1. The number of piperidine rings is 1. The van der Waals surface area contributed by atoms with E-state index in [-0.39, 0.29) is 5.78 Å². The summed E-state index contributed by atoms with van der Waals surface area (Å²) >= 11 is 0. The van der Waals surface area contributed by atoms with Crippen LogP contribution in [0.15, 0.2) is 0 Å². The van der Waals surface area contributed by atoms with Crippen LogP contribution >= 0.6 is 0 Å². The number of rotatable bonds is 3. The molecule has 1 aliphatic heterocycles. The fourth-order valence-corrected chi connectivity index (χ4v) is 1.52. The summed E-state index contributed by atoms with van der Waals surface area (Å²) in [5.41, 5.74) is 0. The first kappa shape index (κ1) is 9.65. The van der Waals surface area contributed by atoms with Gasteiger partial charge in [0.25, 0.3) is 0 Å². The van der Waals surface area contributed by atoms with E-state index < -0.39 is 6.17 Å². The molecule has 3 heteroatoms. The minimum atomic E-state index is -0.675. The molecule has 0 aliphatic carbocycles. The van der Waals surface area contributed by atoms with Crippen molar-refractivity contribution in [2.45, 2.75) is 32.4 Å². The smallest absolute Gasteiger partial charge is 0.131 e. The maximum Gasteiger partial charge on any atom is 0.131 e. The summed E-state index contributed by atoms with van der Waals surface area (Å²) in [6.45, 7) is 3.79. The lowest BCUT2D eigenvalue weighted by atomic mass is 10.1. The van der Waals surface area contributed by atoms with Crippen molar-refractivity contribution in [2.75, 3.05) is 19.6 Å². The maximum absolute atomic E-state index is 12.8. The number of hydrogen-bond donors (Lipinski definition) is 0. The van der Waals surface area contributed by atoms with Gasteiger partial charge in [-0.15, -0.1) is 0 Å². The zero-order chi connectivity index (χ0) is 8.97. The van der Waals surface area contributed by atoms with E-state index in [2.05, 4.69) is 0 Å². The Morgan fingerprint density at radius 1 is 1.67 bits per heavy atom. The number of carbonyl (C=O) groups excluding carboxylic acids is 1. The van der Waals surface area contributed by atoms with E-state index in [1.165, 1.54) is 0 Å². The third kappa shape index (κ3) is 3.30. The van der Waals surface area contributed by atoms with Crippen molar-refractivity contribution in [3.8, 4) is 0 Å². The molecule has 70 valence electrons. The van der Waals surface area contributed by atoms with Gasteiger partial charge in [-0.05, 0) is 26.3 Å². The maximum atomic E-state index is 12.8. The standard InChI is InChI=1S/C9H16FNO/c1-8(12)4-6-11-5-2-3-9(10)7-11/h9H,2-7H2,1H3/t9-/m0/s1.